The van der Waals surface area contributed by atoms with Gasteiger partial charge in [-0.15, -0.1) is 0 Å². The number of nitrogens with zero attached hydrogens (tertiary/aromatic N) is 1. The van der Waals surface area contributed by atoms with Crippen molar-refractivity contribution in [3.8, 4) is 0 Å². The van der Waals surface area contributed by atoms with Crippen LogP contribution in [0.2, 0.25) is 0 Å². The van der Waals surface area contributed by atoms with E-state index in [4.69, 9.17) is 0 Å². The molecule has 2 nitrogen and oxygen atoms in total. The molecule has 1 N–H and O–H groups in total. The number of anilines is 1. The molecule has 1 unspecified atom stereocenters. The molecule has 0 aliphatic carbocycles. The van der Waals surface area contributed by atoms with Crippen molar-refractivity contribution in [1.29, 1.82) is 0 Å². The van der Waals surface area contributed by atoms with Crippen LogP contribution in [0.25, 0.3) is 0 Å². The molecule has 1 rings (SSSR count). The third kappa shape index (κ3) is 5.45. The Morgan fingerprint density at radius 3 is 2.30 bits per heavy atom. The molecule has 0 radical (unpaired) electrons. The molecule has 0 spiro atoms. The van der Waals surface area contributed by atoms with E-state index in [1.54, 1.807) is 0 Å². The standard InChI is InChI=1S/C17H29BrN2/c1-12(2)9-14(5)20(6)16-8-7-15(17(18)10-16)11-19-13(3)4/h7-8,10,12-14,19H,9,11H2,1-6H3. The summed E-state index contributed by atoms with van der Waals surface area (Å²) < 4.78 is 1.19. The third-order valence-electron chi connectivity index (χ3n) is 3.62. The van der Waals surface area contributed by atoms with Crippen molar-refractivity contribution in [2.24, 2.45) is 5.92 Å². The number of hydrogen-bond donors (Lipinski definition) is 1. The molecular weight excluding hydrogens is 312 g/mol. The van der Waals surface area contributed by atoms with E-state index < -0.39 is 0 Å². The summed E-state index contributed by atoms with van der Waals surface area (Å²) in [5, 5.41) is 3.46. The van der Waals surface area contributed by atoms with Gasteiger partial charge >= 0.3 is 0 Å². The molecule has 0 aliphatic rings. The van der Waals surface area contributed by atoms with Gasteiger partial charge in [0.2, 0.25) is 0 Å². The summed E-state index contributed by atoms with van der Waals surface area (Å²) in [6.07, 6.45) is 1.21. The van der Waals surface area contributed by atoms with E-state index in [1.807, 2.05) is 0 Å². The maximum absolute atomic E-state index is 3.70. The van der Waals surface area contributed by atoms with Gasteiger partial charge in [0.15, 0.2) is 0 Å². The molecule has 1 aromatic rings. The Morgan fingerprint density at radius 1 is 1.15 bits per heavy atom. The van der Waals surface area contributed by atoms with Crippen molar-refractivity contribution >= 4 is 21.6 Å². The molecular formula is C17H29BrN2. The molecule has 3 heteroatoms. The van der Waals surface area contributed by atoms with Gasteiger partial charge in [-0.2, -0.15) is 0 Å². The zero-order valence-corrected chi connectivity index (χ0v) is 15.3. The normalized spacial score (nSPS) is 13.1. The lowest BCUT2D eigenvalue weighted by Gasteiger charge is -2.29. The van der Waals surface area contributed by atoms with Gasteiger partial charge in [-0.1, -0.05) is 49.7 Å². The smallest absolute Gasteiger partial charge is 0.0377 e. The average molecular weight is 341 g/mol. The minimum atomic E-state index is 0.510. The zero-order chi connectivity index (χ0) is 15.3. The lowest BCUT2D eigenvalue weighted by atomic mass is 10.0. The van der Waals surface area contributed by atoms with Crippen molar-refractivity contribution in [2.45, 2.75) is 59.7 Å². The van der Waals surface area contributed by atoms with E-state index in [2.05, 4.69) is 86.0 Å². The lowest BCUT2D eigenvalue weighted by Crippen LogP contribution is -2.30. The zero-order valence-electron chi connectivity index (χ0n) is 13.7. The molecule has 0 fully saturated rings. The van der Waals surface area contributed by atoms with Crippen LogP contribution >= 0.6 is 15.9 Å². The van der Waals surface area contributed by atoms with E-state index >= 15 is 0 Å². The highest BCUT2D eigenvalue weighted by Gasteiger charge is 2.13. The quantitative estimate of drug-likeness (QED) is 0.765. The van der Waals surface area contributed by atoms with Crippen molar-refractivity contribution < 1.29 is 0 Å². The predicted octanol–water partition coefficient (Wildman–Crippen LogP) is 4.82. The molecule has 1 atom stereocenters. The van der Waals surface area contributed by atoms with E-state index in [0.717, 1.165) is 12.5 Å². The van der Waals surface area contributed by atoms with Crippen LogP contribution in [-0.2, 0) is 6.54 Å². The predicted molar refractivity (Wildman–Crippen MR) is 93.4 cm³/mol. The number of hydrogen-bond acceptors (Lipinski definition) is 2. The van der Waals surface area contributed by atoms with Gasteiger partial charge < -0.3 is 10.2 Å². The summed E-state index contributed by atoms with van der Waals surface area (Å²) in [6, 6.07) is 7.73. The Balaban J connectivity index is 2.75. The first-order valence-electron chi connectivity index (χ1n) is 7.56. The Hall–Kier alpha value is -0.540. The van der Waals surface area contributed by atoms with Gasteiger partial charge in [0, 0.05) is 35.8 Å². The van der Waals surface area contributed by atoms with Crippen LogP contribution in [0, 0.1) is 5.92 Å². The third-order valence-corrected chi connectivity index (χ3v) is 4.36. The van der Waals surface area contributed by atoms with Gasteiger partial charge in [0.25, 0.3) is 0 Å². The van der Waals surface area contributed by atoms with Crippen LogP contribution in [-0.4, -0.2) is 19.1 Å². The molecule has 0 saturated heterocycles. The van der Waals surface area contributed by atoms with E-state index in [0.29, 0.717) is 12.1 Å². The minimum absolute atomic E-state index is 0.510. The van der Waals surface area contributed by atoms with E-state index in [-0.39, 0.29) is 0 Å². The molecule has 0 aromatic heterocycles. The maximum Gasteiger partial charge on any atom is 0.0377 e. The minimum Gasteiger partial charge on any atom is -0.372 e. The lowest BCUT2D eigenvalue weighted by molar-refractivity contribution is 0.504. The largest absolute Gasteiger partial charge is 0.372 e. The van der Waals surface area contributed by atoms with Crippen LogP contribution in [0.1, 0.15) is 46.6 Å². The fraction of sp³-hybridized carbons (Fsp3) is 0.647. The highest BCUT2D eigenvalue weighted by atomic mass is 79.9. The first-order chi connectivity index (χ1) is 9.31. The molecule has 1 aromatic carbocycles. The second-order valence-electron chi connectivity index (χ2n) is 6.40. The van der Waals surface area contributed by atoms with Gasteiger partial charge in [-0.05, 0) is 37.0 Å². The highest BCUT2D eigenvalue weighted by molar-refractivity contribution is 9.10. The van der Waals surface area contributed by atoms with Gasteiger partial charge in [0.1, 0.15) is 0 Å². The topological polar surface area (TPSA) is 15.3 Å². The first kappa shape index (κ1) is 17.5. The summed E-state index contributed by atoms with van der Waals surface area (Å²) >= 11 is 3.70. The van der Waals surface area contributed by atoms with Crippen LogP contribution in [0.5, 0.6) is 0 Å². The van der Waals surface area contributed by atoms with E-state index in [9.17, 15) is 0 Å². The SMILES string of the molecule is CC(C)CC(C)N(C)c1ccc(CNC(C)C)c(Br)c1. The maximum atomic E-state index is 3.70. The second-order valence-corrected chi connectivity index (χ2v) is 7.26. The Bertz CT molecular complexity index is 415. The molecule has 0 bridgehead atoms. The van der Waals surface area contributed by atoms with Crippen LogP contribution in [0.4, 0.5) is 5.69 Å². The van der Waals surface area contributed by atoms with Crippen molar-refractivity contribution in [2.75, 3.05) is 11.9 Å². The Kier molecular flexibility index (Phi) is 7.04. The number of rotatable bonds is 7. The van der Waals surface area contributed by atoms with E-state index in [1.165, 1.54) is 22.1 Å². The van der Waals surface area contributed by atoms with Crippen molar-refractivity contribution in [1.82, 2.24) is 5.32 Å². The molecule has 0 aliphatic heterocycles. The number of benzene rings is 1. The van der Waals surface area contributed by atoms with Crippen LogP contribution in [0.3, 0.4) is 0 Å². The van der Waals surface area contributed by atoms with Gasteiger partial charge in [-0.25, -0.2) is 0 Å². The molecule has 0 saturated carbocycles. The van der Waals surface area contributed by atoms with Crippen molar-refractivity contribution in [3.05, 3.63) is 28.2 Å². The summed E-state index contributed by atoms with van der Waals surface area (Å²) in [7, 11) is 2.18. The summed E-state index contributed by atoms with van der Waals surface area (Å²) in [5.74, 6) is 0.727. The molecule has 114 valence electrons. The first-order valence-corrected chi connectivity index (χ1v) is 8.35. The number of halogens is 1. The van der Waals surface area contributed by atoms with Crippen LogP contribution < -0.4 is 10.2 Å². The summed E-state index contributed by atoms with van der Waals surface area (Å²) in [4.78, 5) is 2.37. The Labute approximate surface area is 133 Å². The van der Waals surface area contributed by atoms with Gasteiger partial charge in [0.05, 0.1) is 0 Å². The summed E-state index contributed by atoms with van der Waals surface area (Å²) in [6.45, 7) is 12.1. The fourth-order valence-electron chi connectivity index (χ4n) is 2.31. The van der Waals surface area contributed by atoms with Crippen molar-refractivity contribution in [3.63, 3.8) is 0 Å². The monoisotopic (exact) mass is 340 g/mol. The summed E-state index contributed by atoms with van der Waals surface area (Å²) in [5.41, 5.74) is 2.59. The molecule has 0 heterocycles. The molecule has 0 amide bonds. The second kappa shape index (κ2) is 8.04. The highest BCUT2D eigenvalue weighted by Crippen LogP contribution is 2.26. The number of nitrogens with one attached hydrogen (secondary N) is 1. The van der Waals surface area contributed by atoms with Crippen LogP contribution in [0.15, 0.2) is 22.7 Å². The Morgan fingerprint density at radius 2 is 1.80 bits per heavy atom. The molecule has 20 heavy (non-hydrogen) atoms. The van der Waals surface area contributed by atoms with Gasteiger partial charge in [-0.3, -0.25) is 0 Å². The fourth-order valence-corrected chi connectivity index (χ4v) is 2.81. The average Bonchev–Trinajstić information content (AvgIpc) is 2.35.